The molecule has 7 aromatic rings. The van der Waals surface area contributed by atoms with E-state index in [0.717, 1.165) is 67.2 Å². The van der Waals surface area contributed by atoms with E-state index >= 15 is 0 Å². The third kappa shape index (κ3) is 5.47. The molecule has 248 valence electrons. The van der Waals surface area contributed by atoms with Gasteiger partial charge in [0.2, 0.25) is 0 Å². The smallest absolute Gasteiger partial charge is 0.0623 e. The Morgan fingerprint density at radius 2 is 0.961 bits per heavy atom. The molecule has 9 rings (SSSR count). The summed E-state index contributed by atoms with van der Waals surface area (Å²) in [5.41, 5.74) is 11.0. The van der Waals surface area contributed by atoms with Crippen molar-refractivity contribution in [2.24, 2.45) is 0 Å². The number of anilines is 9. The Bertz CT molecular complexity index is 2850. The molecule has 0 unspecified atom stereocenters. The minimum absolute atomic E-state index is 0.233. The van der Waals surface area contributed by atoms with Crippen molar-refractivity contribution >= 4 is 77.6 Å². The molecule has 0 bridgehead atoms. The van der Waals surface area contributed by atoms with Gasteiger partial charge in [-0.25, -0.2) is 0 Å². The van der Waals surface area contributed by atoms with Gasteiger partial charge in [0.05, 0.1) is 8.22 Å². The molecule has 2 heterocycles. The van der Waals surface area contributed by atoms with Crippen molar-refractivity contribution in [1.29, 1.82) is 0 Å². The summed E-state index contributed by atoms with van der Waals surface area (Å²) in [7, 11) is 0. The minimum Gasteiger partial charge on any atom is 0.0623 e. The fourth-order valence-electron chi connectivity index (χ4n) is 7.42. The van der Waals surface area contributed by atoms with Crippen LogP contribution in [-0.2, 0) is 0 Å². The Hall–Kier alpha value is -5.11. The third-order valence-electron chi connectivity index (χ3n) is 9.66. The average Bonchev–Trinajstić information content (AvgIpc) is 3.26. The van der Waals surface area contributed by atoms with Crippen LogP contribution in [0.25, 0.3) is 0 Å². The Morgan fingerprint density at radius 3 is 1.43 bits per heavy atom. The predicted molar refractivity (Wildman–Crippen MR) is 216 cm³/mol. The van der Waals surface area contributed by atoms with Gasteiger partial charge in [-0.3, -0.25) is 0 Å². The second kappa shape index (κ2) is 12.9. The molecule has 2 aliphatic heterocycles. The first-order valence-corrected chi connectivity index (χ1v) is 21.5. The van der Waals surface area contributed by atoms with Gasteiger partial charge in [-0.2, -0.15) is 0 Å². The molecule has 0 spiro atoms. The van der Waals surface area contributed by atoms with Gasteiger partial charge in [0.1, 0.15) is 0 Å². The zero-order valence-corrected chi connectivity index (χ0v) is 31.7. The Balaban J connectivity index is 1.49. The molecule has 7 aromatic carbocycles. The fourth-order valence-corrected chi connectivity index (χ4v) is 9.01. The van der Waals surface area contributed by atoms with E-state index in [-0.39, 0.29) is 23.8 Å². The second-order valence-corrected chi connectivity index (χ2v) is 16.4. The molecular formula is C46H39AtBN3. The van der Waals surface area contributed by atoms with Crippen LogP contribution in [0.1, 0.15) is 30.4 Å². The molecule has 0 amide bonds. The Labute approximate surface area is 327 Å². The second-order valence-electron chi connectivity index (χ2n) is 12.9. The molecule has 51 heavy (non-hydrogen) atoms. The summed E-state index contributed by atoms with van der Waals surface area (Å²) in [6.07, 6.45) is 0. The first-order valence-electron chi connectivity index (χ1n) is 21.8. The van der Waals surface area contributed by atoms with Gasteiger partial charge in [0, 0.05) is 0 Å². The van der Waals surface area contributed by atoms with Crippen LogP contribution in [0.4, 0.5) is 51.2 Å². The zero-order valence-electron chi connectivity index (χ0n) is 38.6. The fraction of sp³-hybridized carbons (Fsp3) is 0.0870. The van der Waals surface area contributed by atoms with Gasteiger partial charge in [0.25, 0.3) is 0 Å². The third-order valence-corrected chi connectivity index (χ3v) is 12.6. The predicted octanol–water partition coefficient (Wildman–Crippen LogP) is 9.65. The van der Waals surface area contributed by atoms with Crippen LogP contribution >= 0.6 is 0 Å². The molecule has 2 aliphatic rings. The molecule has 3 nitrogen and oxygen atoms in total. The summed E-state index contributed by atoms with van der Waals surface area (Å²) in [6, 6.07) is 27.3. The number of nitrogens with zero attached hydrogens (tertiary/aromatic N) is 3. The molecule has 0 radical (unpaired) electrons. The van der Waals surface area contributed by atoms with E-state index in [0.29, 0.717) is 0 Å². The summed E-state index contributed by atoms with van der Waals surface area (Å²) in [4.78, 5) is 5.62. The van der Waals surface area contributed by atoms with Crippen LogP contribution in [0.3, 0.4) is 0 Å². The van der Waals surface area contributed by atoms with E-state index in [1.165, 1.54) is 8.17 Å². The van der Waals surface area contributed by atoms with Gasteiger partial charge in [-0.1, -0.05) is 17.6 Å². The van der Waals surface area contributed by atoms with Gasteiger partial charge in [-0.15, -0.1) is 0 Å². The van der Waals surface area contributed by atoms with Gasteiger partial charge >= 0.3 is 296 Å². The molecule has 0 fully saturated rings. The first-order chi connectivity index (χ1) is 29.1. The standard InChI is InChI=1S/C46H39AtBN3/c1-31-15-21-37(22-16-31)50-42-25-17-32(2)27-40(42)48-41-28-33(3)18-26-43(41)51(38-23-19-34(47-4)20-24-38)45-30-39(29-44(50)46(45)48)49(35-11-7-5-8-12-35)36-13-9-6-10-14-36/h5-30,47H,1-4H3/i5D,6D,7D,8D,9D,10D,11D,12D,13D,14D. The summed E-state index contributed by atoms with van der Waals surface area (Å²) < 4.78 is 92.4. The molecule has 5 heteroatoms. The monoisotopic (exact) mass is 864 g/mol. The van der Waals surface area contributed by atoms with Crippen LogP contribution < -0.4 is 34.4 Å². The number of hydrogen-bond acceptors (Lipinski definition) is 3. The molecule has 0 aliphatic carbocycles. The van der Waals surface area contributed by atoms with Gasteiger partial charge in [-0.05, 0) is 6.92 Å². The molecule has 0 saturated heterocycles. The van der Waals surface area contributed by atoms with Crippen LogP contribution in [0.2, 0.25) is 4.63 Å². The summed E-state index contributed by atoms with van der Waals surface area (Å²) >= 11 is -0.727. The van der Waals surface area contributed by atoms with Crippen molar-refractivity contribution in [3.05, 3.63) is 174 Å². The van der Waals surface area contributed by atoms with Crippen molar-refractivity contribution in [2.45, 2.75) is 25.4 Å². The topological polar surface area (TPSA) is 9.72 Å². The van der Waals surface area contributed by atoms with Gasteiger partial charge < -0.3 is 0 Å². The number of fused-ring (bicyclic) bond motifs is 4. The van der Waals surface area contributed by atoms with E-state index in [9.17, 15) is 5.48 Å². The SMILES string of the molecule is [2H]c1c([2H])c([2H])c(N(c2cc3c4c(c2)N(c2ccc([AtH]C)cc2)c2ccc(C)cc2B4c2cc(C)ccc2N3c2ccc(C)cc2)c2c([2H])c([2H])c([2H])c([2H])c2[2H])c([2H])c1[2H]. The number of benzene rings is 7. The normalized spacial score (nSPS) is 15.5. The van der Waals surface area contributed by atoms with Crippen LogP contribution in [-0.4, -0.2) is 6.71 Å². The summed E-state index contributed by atoms with van der Waals surface area (Å²) in [6.45, 7) is 5.93. The van der Waals surface area contributed by atoms with Crippen molar-refractivity contribution in [2.75, 3.05) is 14.7 Å². The molecule has 0 aromatic heterocycles. The maximum atomic E-state index is 9.24. The average molecular weight is 865 g/mol. The zero-order chi connectivity index (χ0) is 43.3. The van der Waals surface area contributed by atoms with Crippen LogP contribution in [0.15, 0.2) is 157 Å². The van der Waals surface area contributed by atoms with E-state index in [1.807, 2.05) is 43.3 Å². The van der Waals surface area contributed by atoms with Crippen molar-refractivity contribution in [3.8, 4) is 0 Å². The van der Waals surface area contributed by atoms with Crippen molar-refractivity contribution in [1.82, 2.24) is 0 Å². The first kappa shape index (κ1) is 22.7. The Morgan fingerprint density at radius 1 is 0.510 bits per heavy atom. The van der Waals surface area contributed by atoms with E-state index in [1.54, 1.807) is 0 Å². The maximum absolute atomic E-state index is 9.24. The van der Waals surface area contributed by atoms with Gasteiger partial charge in [0.15, 0.2) is 0 Å². The van der Waals surface area contributed by atoms with Crippen molar-refractivity contribution < 1.29 is 36.9 Å². The van der Waals surface area contributed by atoms with Crippen molar-refractivity contribution in [3.63, 3.8) is 0 Å². The van der Waals surface area contributed by atoms with E-state index < -0.39 is 83.7 Å². The minimum atomic E-state index is -0.727. The molecule has 0 atom stereocenters. The molecule has 0 N–H and O–H groups in total. The number of para-hydroxylation sites is 2. The quantitative estimate of drug-likeness (QED) is 0.154. The number of aryl methyl sites for hydroxylation is 3. The van der Waals surface area contributed by atoms with Crippen LogP contribution in [0, 0.1) is 44.0 Å². The number of hydrogen-bond donors (Lipinski definition) is 0. The van der Waals surface area contributed by atoms with E-state index in [4.69, 9.17) is 8.22 Å². The number of rotatable bonds is 6. The molecule has 0 saturated carbocycles. The molecular weight excluding hydrogens is 815 g/mol. The Kier molecular flexibility index (Phi) is 5.73. The van der Waals surface area contributed by atoms with E-state index in [2.05, 4.69) is 88.9 Å². The summed E-state index contributed by atoms with van der Waals surface area (Å²) in [5.74, 6) is 0. The summed E-state index contributed by atoms with van der Waals surface area (Å²) in [5, 5.41) is 0. The van der Waals surface area contributed by atoms with Crippen LogP contribution in [0.5, 0.6) is 0 Å².